The average Bonchev–Trinajstić information content (AvgIpc) is 2.73. The smallest absolute Gasteiger partial charge is 0.256 e. The third-order valence-corrected chi connectivity index (χ3v) is 4.48. The van der Waals surface area contributed by atoms with Crippen molar-refractivity contribution in [1.82, 2.24) is 0 Å². The molecular formula is C23H21NO4. The Balaban J connectivity index is 1.47. The van der Waals surface area contributed by atoms with Crippen molar-refractivity contribution in [2.75, 3.05) is 18.5 Å². The van der Waals surface area contributed by atoms with Gasteiger partial charge in [0.05, 0.1) is 0 Å². The Labute approximate surface area is 163 Å². The molecule has 0 unspecified atom stereocenters. The van der Waals surface area contributed by atoms with Gasteiger partial charge >= 0.3 is 0 Å². The molecule has 3 aromatic carbocycles. The standard InChI is InChI=1S/C23H21NO4/c1-16-6-9-19(10-7-16)28-15-17-4-2-3-5-20(17)23(25)24-18-8-11-21-22(14-18)27-13-12-26-21/h2-11,14H,12-13,15H2,1H3,(H,24,25). The van der Waals surface area contributed by atoms with Crippen LogP contribution in [0.25, 0.3) is 0 Å². The van der Waals surface area contributed by atoms with Crippen molar-refractivity contribution in [2.24, 2.45) is 0 Å². The fraction of sp³-hybridized carbons (Fsp3) is 0.174. The van der Waals surface area contributed by atoms with Crippen molar-refractivity contribution < 1.29 is 19.0 Å². The van der Waals surface area contributed by atoms with Crippen LogP contribution in [0.1, 0.15) is 21.5 Å². The summed E-state index contributed by atoms with van der Waals surface area (Å²) in [6.07, 6.45) is 0. The highest BCUT2D eigenvalue weighted by molar-refractivity contribution is 6.05. The maximum Gasteiger partial charge on any atom is 0.256 e. The van der Waals surface area contributed by atoms with Crippen LogP contribution in [0.3, 0.4) is 0 Å². The van der Waals surface area contributed by atoms with E-state index in [1.165, 1.54) is 5.56 Å². The Morgan fingerprint density at radius 3 is 2.54 bits per heavy atom. The number of anilines is 1. The van der Waals surface area contributed by atoms with Gasteiger partial charge in [0.25, 0.3) is 5.91 Å². The van der Waals surface area contributed by atoms with Crippen LogP contribution in [-0.4, -0.2) is 19.1 Å². The molecule has 0 aromatic heterocycles. The maximum atomic E-state index is 12.8. The summed E-state index contributed by atoms with van der Waals surface area (Å²) in [6.45, 7) is 3.38. The number of carbonyl (C=O) groups excluding carboxylic acids is 1. The average molecular weight is 375 g/mol. The Hall–Kier alpha value is -3.47. The molecule has 1 N–H and O–H groups in total. The predicted molar refractivity (Wildman–Crippen MR) is 107 cm³/mol. The van der Waals surface area contributed by atoms with Crippen LogP contribution in [0.2, 0.25) is 0 Å². The van der Waals surface area contributed by atoms with E-state index >= 15 is 0 Å². The van der Waals surface area contributed by atoms with Gasteiger partial charge in [-0.05, 0) is 37.3 Å². The number of benzene rings is 3. The van der Waals surface area contributed by atoms with Gasteiger partial charge in [-0.2, -0.15) is 0 Å². The SMILES string of the molecule is Cc1ccc(OCc2ccccc2C(=O)Nc2ccc3c(c2)OCCO3)cc1. The van der Waals surface area contributed by atoms with Gasteiger partial charge in [0, 0.05) is 22.9 Å². The molecule has 0 spiro atoms. The van der Waals surface area contributed by atoms with E-state index in [4.69, 9.17) is 14.2 Å². The summed E-state index contributed by atoms with van der Waals surface area (Å²) in [7, 11) is 0. The summed E-state index contributed by atoms with van der Waals surface area (Å²) in [4.78, 5) is 12.8. The molecule has 0 saturated carbocycles. The number of ether oxygens (including phenoxy) is 3. The van der Waals surface area contributed by atoms with Gasteiger partial charge in [0.15, 0.2) is 11.5 Å². The monoisotopic (exact) mass is 375 g/mol. The lowest BCUT2D eigenvalue weighted by Crippen LogP contribution is -2.17. The first-order valence-electron chi connectivity index (χ1n) is 9.17. The molecule has 0 atom stereocenters. The van der Waals surface area contributed by atoms with Gasteiger partial charge < -0.3 is 19.5 Å². The van der Waals surface area contributed by atoms with E-state index in [-0.39, 0.29) is 5.91 Å². The van der Waals surface area contributed by atoms with E-state index < -0.39 is 0 Å². The number of rotatable bonds is 5. The third kappa shape index (κ3) is 4.09. The van der Waals surface area contributed by atoms with E-state index in [9.17, 15) is 4.79 Å². The molecule has 1 aliphatic heterocycles. The summed E-state index contributed by atoms with van der Waals surface area (Å²) < 4.78 is 16.9. The molecule has 3 aromatic rings. The Kier molecular flexibility index (Phi) is 5.15. The first-order chi connectivity index (χ1) is 13.7. The largest absolute Gasteiger partial charge is 0.489 e. The molecule has 28 heavy (non-hydrogen) atoms. The van der Waals surface area contributed by atoms with Gasteiger partial charge in [0.1, 0.15) is 25.6 Å². The zero-order valence-corrected chi connectivity index (χ0v) is 15.6. The Morgan fingerprint density at radius 2 is 1.71 bits per heavy atom. The van der Waals surface area contributed by atoms with Crippen molar-refractivity contribution >= 4 is 11.6 Å². The minimum atomic E-state index is -0.195. The summed E-state index contributed by atoms with van der Waals surface area (Å²) >= 11 is 0. The van der Waals surface area contributed by atoms with Gasteiger partial charge in [-0.15, -0.1) is 0 Å². The molecule has 0 aliphatic carbocycles. The third-order valence-electron chi connectivity index (χ3n) is 4.48. The Morgan fingerprint density at radius 1 is 0.964 bits per heavy atom. The fourth-order valence-corrected chi connectivity index (χ4v) is 2.98. The zero-order chi connectivity index (χ0) is 19.3. The highest BCUT2D eigenvalue weighted by Gasteiger charge is 2.15. The molecule has 5 nitrogen and oxygen atoms in total. The lowest BCUT2D eigenvalue weighted by Gasteiger charge is -2.19. The first-order valence-corrected chi connectivity index (χ1v) is 9.17. The molecule has 1 heterocycles. The quantitative estimate of drug-likeness (QED) is 0.708. The van der Waals surface area contributed by atoms with E-state index in [0.29, 0.717) is 42.6 Å². The molecule has 0 fully saturated rings. The number of hydrogen-bond acceptors (Lipinski definition) is 4. The number of amides is 1. The number of nitrogens with one attached hydrogen (secondary N) is 1. The molecule has 0 bridgehead atoms. The highest BCUT2D eigenvalue weighted by atomic mass is 16.6. The molecule has 0 saturated heterocycles. The molecule has 0 radical (unpaired) electrons. The summed E-state index contributed by atoms with van der Waals surface area (Å²) in [6, 6.07) is 20.6. The van der Waals surface area contributed by atoms with Crippen molar-refractivity contribution in [1.29, 1.82) is 0 Å². The summed E-state index contributed by atoms with van der Waals surface area (Å²) in [5.41, 5.74) is 3.22. The van der Waals surface area contributed by atoms with E-state index in [2.05, 4.69) is 5.32 Å². The topological polar surface area (TPSA) is 56.8 Å². The molecule has 5 heteroatoms. The minimum absolute atomic E-state index is 0.195. The first kappa shape index (κ1) is 17.9. The van der Waals surface area contributed by atoms with E-state index in [0.717, 1.165) is 11.3 Å². The van der Waals surface area contributed by atoms with Crippen LogP contribution >= 0.6 is 0 Å². The van der Waals surface area contributed by atoms with Gasteiger partial charge in [0.2, 0.25) is 0 Å². The predicted octanol–water partition coefficient (Wildman–Crippen LogP) is 4.60. The normalized spacial score (nSPS) is 12.3. The number of hydrogen-bond donors (Lipinski definition) is 1. The number of aryl methyl sites for hydroxylation is 1. The molecule has 4 rings (SSSR count). The lowest BCUT2D eigenvalue weighted by molar-refractivity contribution is 0.102. The van der Waals surface area contributed by atoms with E-state index in [1.807, 2.05) is 49.4 Å². The van der Waals surface area contributed by atoms with Crippen LogP contribution in [-0.2, 0) is 6.61 Å². The second-order valence-electron chi connectivity index (χ2n) is 6.57. The second kappa shape index (κ2) is 8.05. The zero-order valence-electron chi connectivity index (χ0n) is 15.6. The molecular weight excluding hydrogens is 354 g/mol. The molecule has 1 amide bonds. The van der Waals surface area contributed by atoms with Crippen molar-refractivity contribution in [3.8, 4) is 17.2 Å². The van der Waals surface area contributed by atoms with Crippen molar-refractivity contribution in [3.63, 3.8) is 0 Å². The molecule has 1 aliphatic rings. The van der Waals surface area contributed by atoms with Crippen LogP contribution in [0.4, 0.5) is 5.69 Å². The Bertz CT molecular complexity index is 982. The number of carbonyl (C=O) groups is 1. The highest BCUT2D eigenvalue weighted by Crippen LogP contribution is 2.32. The molecule has 142 valence electrons. The van der Waals surface area contributed by atoms with E-state index in [1.54, 1.807) is 24.3 Å². The van der Waals surface area contributed by atoms with Gasteiger partial charge in [-0.25, -0.2) is 0 Å². The van der Waals surface area contributed by atoms with Gasteiger partial charge in [-0.3, -0.25) is 4.79 Å². The van der Waals surface area contributed by atoms with Gasteiger partial charge in [-0.1, -0.05) is 35.9 Å². The van der Waals surface area contributed by atoms with Crippen LogP contribution in [0.15, 0.2) is 66.7 Å². The second-order valence-corrected chi connectivity index (χ2v) is 6.57. The minimum Gasteiger partial charge on any atom is -0.489 e. The summed E-state index contributed by atoms with van der Waals surface area (Å²) in [5.74, 6) is 1.91. The maximum absolute atomic E-state index is 12.8. The van der Waals surface area contributed by atoms with Crippen molar-refractivity contribution in [3.05, 3.63) is 83.4 Å². The fourth-order valence-electron chi connectivity index (χ4n) is 2.98. The number of fused-ring (bicyclic) bond motifs is 1. The van der Waals surface area contributed by atoms with Crippen LogP contribution in [0, 0.1) is 6.92 Å². The lowest BCUT2D eigenvalue weighted by atomic mass is 10.1. The van der Waals surface area contributed by atoms with Crippen LogP contribution < -0.4 is 19.5 Å². The van der Waals surface area contributed by atoms with Crippen molar-refractivity contribution in [2.45, 2.75) is 13.5 Å². The van der Waals surface area contributed by atoms with Crippen LogP contribution in [0.5, 0.6) is 17.2 Å². The summed E-state index contributed by atoms with van der Waals surface area (Å²) in [5, 5.41) is 2.92.